The van der Waals surface area contributed by atoms with E-state index in [2.05, 4.69) is 0 Å². The Balaban J connectivity index is 1.89. The summed E-state index contributed by atoms with van der Waals surface area (Å²) >= 11 is 0. The van der Waals surface area contributed by atoms with Crippen molar-refractivity contribution >= 4 is 14.3 Å². The minimum Gasteiger partial charge on any atom is -0.478 e. The summed E-state index contributed by atoms with van der Waals surface area (Å²) in [6.45, 7) is 7.81. The smallest absolute Gasteiger partial charge is 0.335 e. The van der Waals surface area contributed by atoms with E-state index in [0.717, 1.165) is 11.1 Å². The first-order valence-corrected chi connectivity index (χ1v) is 13.6. The summed E-state index contributed by atoms with van der Waals surface area (Å²) in [5.74, 6) is -1.35. The second-order valence-corrected chi connectivity index (χ2v) is 13.9. The fraction of sp³-hybridized carbons (Fsp3) is 0.269. The van der Waals surface area contributed by atoms with Gasteiger partial charge in [-0.3, -0.25) is 0 Å². The number of carboxylic acid groups (broad SMARTS) is 1. The molecule has 0 amide bonds. The third kappa shape index (κ3) is 3.80. The van der Waals surface area contributed by atoms with Gasteiger partial charge in [0.15, 0.2) is 19.8 Å². The van der Waals surface area contributed by atoms with Crippen LogP contribution in [0.3, 0.4) is 0 Å². The van der Waals surface area contributed by atoms with Crippen molar-refractivity contribution in [1.82, 2.24) is 0 Å². The lowest BCUT2D eigenvalue weighted by Crippen LogP contribution is -2.40. The molecule has 0 fully saturated rings. The van der Waals surface area contributed by atoms with Gasteiger partial charge in [0, 0.05) is 11.1 Å². The number of rotatable bonds is 6. The highest BCUT2D eigenvalue weighted by atomic mass is 28.4. The topological polar surface area (TPSA) is 76.0 Å². The van der Waals surface area contributed by atoms with Crippen LogP contribution < -0.4 is 9.47 Å². The van der Waals surface area contributed by atoms with Gasteiger partial charge in [-0.15, -0.1) is 0 Å². The van der Waals surface area contributed by atoms with Crippen LogP contribution in [0, 0.1) is 0 Å². The second-order valence-electron chi connectivity index (χ2n) is 9.44. The monoisotopic (exact) mass is 448 g/mol. The van der Waals surface area contributed by atoms with Crippen molar-refractivity contribution < 1.29 is 24.2 Å². The van der Waals surface area contributed by atoms with Crippen molar-refractivity contribution in [2.45, 2.75) is 44.2 Å². The van der Waals surface area contributed by atoms with E-state index in [4.69, 9.17) is 9.47 Å². The maximum atomic E-state index is 11.9. The number of carbonyl (C=O) groups is 1. The van der Waals surface area contributed by atoms with E-state index in [9.17, 15) is 14.7 Å². The number of fused-ring (bicyclic) bond motifs is 1. The molecule has 166 valence electrons. The van der Waals surface area contributed by atoms with Gasteiger partial charge in [0.25, 0.3) is 0 Å². The zero-order valence-corrected chi connectivity index (χ0v) is 19.8. The average Bonchev–Trinajstić information content (AvgIpc) is 3.15. The molecule has 0 bridgehead atoms. The van der Waals surface area contributed by atoms with E-state index >= 15 is 0 Å². The van der Waals surface area contributed by atoms with E-state index in [1.165, 1.54) is 6.07 Å². The highest BCUT2D eigenvalue weighted by Crippen LogP contribution is 2.52. The van der Waals surface area contributed by atoms with Gasteiger partial charge < -0.3 is 19.4 Å². The summed E-state index contributed by atoms with van der Waals surface area (Å²) in [6, 6.07) is 22.4. The molecule has 0 saturated carbocycles. The van der Waals surface area contributed by atoms with Gasteiger partial charge >= 0.3 is 11.8 Å². The van der Waals surface area contributed by atoms with Crippen molar-refractivity contribution in [2.75, 3.05) is 0 Å². The van der Waals surface area contributed by atoms with Crippen LogP contribution in [0.25, 0.3) is 0 Å². The Bertz CT molecular complexity index is 1090. The van der Waals surface area contributed by atoms with Crippen LogP contribution in [0.15, 0.2) is 72.8 Å². The molecular formula is C26H28O5Si. The second kappa shape index (κ2) is 7.80. The van der Waals surface area contributed by atoms with Crippen LogP contribution in [0.1, 0.15) is 40.9 Å². The minimum absolute atomic E-state index is 0.132. The molecule has 0 radical (unpaired) electrons. The Morgan fingerprint density at radius 2 is 1.47 bits per heavy atom. The first-order valence-electron chi connectivity index (χ1n) is 10.7. The molecule has 32 heavy (non-hydrogen) atoms. The average molecular weight is 449 g/mol. The molecule has 6 heteroatoms. The van der Waals surface area contributed by atoms with Gasteiger partial charge in [-0.2, -0.15) is 0 Å². The molecule has 2 N–H and O–H groups in total. The number of benzene rings is 3. The number of hydrogen-bond donors (Lipinski definition) is 2. The molecule has 0 aromatic heterocycles. The Labute approximate surface area is 189 Å². The number of aromatic carboxylic acids is 1. The molecule has 0 saturated heterocycles. The van der Waals surface area contributed by atoms with Crippen molar-refractivity contribution in [1.29, 1.82) is 0 Å². The normalized spacial score (nSPS) is 14.9. The van der Waals surface area contributed by atoms with E-state index in [1.807, 2.05) is 87.6 Å². The third-order valence-electron chi connectivity index (χ3n) is 6.47. The van der Waals surface area contributed by atoms with Gasteiger partial charge in [-0.25, -0.2) is 4.79 Å². The molecule has 4 rings (SSSR count). The lowest BCUT2D eigenvalue weighted by molar-refractivity contribution is -0.0463. The Morgan fingerprint density at radius 3 is 1.94 bits per heavy atom. The molecule has 0 atom stereocenters. The lowest BCUT2D eigenvalue weighted by atomic mass is 9.97. The summed E-state index contributed by atoms with van der Waals surface area (Å²) in [4.78, 5) is 22.7. The van der Waals surface area contributed by atoms with Gasteiger partial charge in [0.05, 0.1) is 5.56 Å². The van der Waals surface area contributed by atoms with E-state index in [1.54, 1.807) is 6.07 Å². The third-order valence-corrected chi connectivity index (χ3v) is 9.96. The van der Waals surface area contributed by atoms with E-state index in [-0.39, 0.29) is 5.56 Å². The minimum atomic E-state index is -2.55. The van der Waals surface area contributed by atoms with Crippen molar-refractivity contribution in [3.63, 3.8) is 0 Å². The Kier molecular flexibility index (Phi) is 5.39. The number of ether oxygens (including phenoxy) is 2. The fourth-order valence-corrected chi connectivity index (χ4v) is 4.46. The highest BCUT2D eigenvalue weighted by Gasteiger charge is 2.48. The molecule has 1 aliphatic rings. The molecule has 0 unspecified atom stereocenters. The molecule has 5 nitrogen and oxygen atoms in total. The number of hydrogen-bond acceptors (Lipinski definition) is 4. The summed E-state index contributed by atoms with van der Waals surface area (Å²) in [7, 11) is -2.55. The van der Waals surface area contributed by atoms with Crippen LogP contribution in [-0.2, 0) is 12.2 Å². The summed E-state index contributed by atoms with van der Waals surface area (Å²) in [6.07, 6.45) is 0.467. The van der Waals surface area contributed by atoms with Gasteiger partial charge in [0.2, 0.25) is 0 Å². The van der Waals surface area contributed by atoms with E-state index in [0.29, 0.717) is 23.5 Å². The van der Waals surface area contributed by atoms with Crippen molar-refractivity contribution in [3.8, 4) is 11.5 Å². The van der Waals surface area contributed by atoms with Crippen LogP contribution in [0.2, 0.25) is 18.1 Å². The summed E-state index contributed by atoms with van der Waals surface area (Å²) in [5.41, 5.74) is 2.46. The predicted molar refractivity (Wildman–Crippen MR) is 126 cm³/mol. The molecule has 0 aliphatic carbocycles. The predicted octanol–water partition coefficient (Wildman–Crippen LogP) is 5.58. The zero-order valence-electron chi connectivity index (χ0n) is 18.8. The van der Waals surface area contributed by atoms with E-state index < -0.39 is 25.1 Å². The molecule has 1 aliphatic heterocycles. The Hall–Kier alpha value is -3.09. The summed E-state index contributed by atoms with van der Waals surface area (Å²) < 4.78 is 13.1. The first kappa shape index (κ1) is 22.1. The van der Waals surface area contributed by atoms with Crippen molar-refractivity contribution in [3.05, 3.63) is 95.1 Å². The molecule has 1 heterocycles. The van der Waals surface area contributed by atoms with Gasteiger partial charge in [-0.05, 0) is 42.2 Å². The highest BCUT2D eigenvalue weighted by molar-refractivity contribution is 6.72. The Morgan fingerprint density at radius 1 is 0.938 bits per heavy atom. The fourth-order valence-electron chi connectivity index (χ4n) is 3.84. The maximum Gasteiger partial charge on any atom is 0.335 e. The van der Waals surface area contributed by atoms with Crippen LogP contribution in [0.4, 0.5) is 0 Å². The SMILES string of the molecule is CC(C)(Cc1cc(C(=O)O)cc2c1OC(c1ccccc1)(c1ccccc1)O2)[Si](C)(C)O. The van der Waals surface area contributed by atoms with Gasteiger partial charge in [0.1, 0.15) is 0 Å². The largest absolute Gasteiger partial charge is 0.478 e. The maximum absolute atomic E-state index is 11.9. The van der Waals surface area contributed by atoms with Crippen molar-refractivity contribution in [2.24, 2.45) is 0 Å². The molecule has 3 aromatic carbocycles. The lowest BCUT2D eigenvalue weighted by Gasteiger charge is -2.35. The van der Waals surface area contributed by atoms with Crippen LogP contribution in [-0.4, -0.2) is 24.2 Å². The molecular weight excluding hydrogens is 420 g/mol. The van der Waals surface area contributed by atoms with Crippen LogP contribution in [0.5, 0.6) is 11.5 Å². The zero-order chi connectivity index (χ0) is 23.1. The quantitative estimate of drug-likeness (QED) is 0.482. The van der Waals surface area contributed by atoms with Crippen LogP contribution >= 0.6 is 0 Å². The van der Waals surface area contributed by atoms with Gasteiger partial charge in [-0.1, -0.05) is 74.5 Å². The number of carboxylic acids is 1. The molecule has 0 spiro atoms. The molecule has 3 aromatic rings. The standard InChI is InChI=1S/C26H28O5Si/c1-25(2,32(3,4)29)17-19-15-18(24(27)28)16-22-23(19)31-26(30-22,20-11-7-5-8-12-20)21-13-9-6-10-14-21/h5-16,29H,17H2,1-4H3,(H,27,28). The summed E-state index contributed by atoms with van der Waals surface area (Å²) in [5, 5.41) is 9.32. The first-order chi connectivity index (χ1) is 15.0.